The van der Waals surface area contributed by atoms with Crippen LogP contribution in [0.5, 0.6) is 5.75 Å². The molecule has 108 valence electrons. The van der Waals surface area contributed by atoms with Crippen LogP contribution in [0.2, 0.25) is 0 Å². The molecule has 0 amide bonds. The van der Waals surface area contributed by atoms with Crippen molar-refractivity contribution in [3.63, 3.8) is 0 Å². The van der Waals surface area contributed by atoms with Gasteiger partial charge in [-0.2, -0.15) is 0 Å². The van der Waals surface area contributed by atoms with Crippen molar-refractivity contribution in [2.45, 2.75) is 33.3 Å². The number of nitrogens with one attached hydrogen (secondary N) is 1. The van der Waals surface area contributed by atoms with Gasteiger partial charge in [0.15, 0.2) is 0 Å². The molecule has 0 saturated heterocycles. The van der Waals surface area contributed by atoms with Gasteiger partial charge in [-0.1, -0.05) is 42.8 Å². The van der Waals surface area contributed by atoms with Crippen LogP contribution >= 0.6 is 15.9 Å². The lowest BCUT2D eigenvalue weighted by molar-refractivity contribution is 0.103. The molecule has 4 heteroatoms. The van der Waals surface area contributed by atoms with Crippen molar-refractivity contribution in [1.29, 1.82) is 0 Å². The van der Waals surface area contributed by atoms with Crippen LogP contribution in [0, 0.1) is 5.41 Å². The maximum atomic E-state index is 9.85. The van der Waals surface area contributed by atoms with Crippen molar-refractivity contribution < 1.29 is 9.84 Å². The average molecular weight is 330 g/mol. The van der Waals surface area contributed by atoms with Crippen LogP contribution in [-0.2, 0) is 0 Å². The summed E-state index contributed by atoms with van der Waals surface area (Å²) in [7, 11) is 0. The van der Waals surface area contributed by atoms with E-state index in [1.54, 1.807) is 0 Å². The number of halogens is 1. The summed E-state index contributed by atoms with van der Waals surface area (Å²) in [5.41, 5.74) is 0.269. The molecule has 1 aromatic carbocycles. The molecule has 0 saturated carbocycles. The summed E-state index contributed by atoms with van der Waals surface area (Å²) in [6.07, 6.45) is 0.622. The number of ether oxygens (including phenoxy) is 1. The molecule has 0 fully saturated rings. The highest BCUT2D eigenvalue weighted by Crippen LogP contribution is 2.18. The van der Waals surface area contributed by atoms with Gasteiger partial charge in [-0.3, -0.25) is 0 Å². The lowest BCUT2D eigenvalue weighted by Gasteiger charge is -2.24. The van der Waals surface area contributed by atoms with Crippen molar-refractivity contribution in [3.05, 3.63) is 28.7 Å². The Morgan fingerprint density at radius 2 is 2.16 bits per heavy atom. The molecule has 19 heavy (non-hydrogen) atoms. The van der Waals surface area contributed by atoms with Gasteiger partial charge in [0.05, 0.1) is 0 Å². The summed E-state index contributed by atoms with van der Waals surface area (Å²) in [6.45, 7) is 8.36. The maximum Gasteiger partial charge on any atom is 0.120 e. The topological polar surface area (TPSA) is 41.5 Å². The van der Waals surface area contributed by atoms with Crippen LogP contribution in [0.1, 0.15) is 27.2 Å². The Bertz CT molecular complexity index is 382. The Balaban J connectivity index is 2.23. The summed E-state index contributed by atoms with van der Waals surface area (Å²) < 4.78 is 6.51. The van der Waals surface area contributed by atoms with E-state index in [9.17, 15) is 5.11 Å². The van der Waals surface area contributed by atoms with E-state index in [1.807, 2.05) is 24.3 Å². The molecule has 0 heterocycles. The molecule has 3 nitrogen and oxygen atoms in total. The lowest BCUT2D eigenvalue weighted by atomic mass is 9.90. The van der Waals surface area contributed by atoms with Crippen LogP contribution in [0.25, 0.3) is 0 Å². The Kier molecular flexibility index (Phi) is 6.83. The molecule has 0 aliphatic carbocycles. The number of aliphatic hydroxyl groups is 1. The highest BCUT2D eigenvalue weighted by molar-refractivity contribution is 9.10. The second kappa shape index (κ2) is 7.88. The highest BCUT2D eigenvalue weighted by Gasteiger charge is 2.15. The fourth-order valence-electron chi connectivity index (χ4n) is 1.51. The van der Waals surface area contributed by atoms with Crippen molar-refractivity contribution in [1.82, 2.24) is 5.32 Å². The van der Waals surface area contributed by atoms with Gasteiger partial charge in [0.25, 0.3) is 0 Å². The quantitative estimate of drug-likeness (QED) is 0.769. The fourth-order valence-corrected chi connectivity index (χ4v) is 1.89. The van der Waals surface area contributed by atoms with E-state index in [1.165, 1.54) is 0 Å². The third kappa shape index (κ3) is 6.95. The van der Waals surface area contributed by atoms with Gasteiger partial charge in [0.1, 0.15) is 18.5 Å². The summed E-state index contributed by atoms with van der Waals surface area (Å²) in [5, 5.41) is 13.1. The minimum absolute atomic E-state index is 0.269. The van der Waals surface area contributed by atoms with E-state index < -0.39 is 6.10 Å². The molecular weight excluding hydrogens is 306 g/mol. The number of hydrogen-bond acceptors (Lipinski definition) is 3. The van der Waals surface area contributed by atoms with Crippen molar-refractivity contribution in [3.8, 4) is 5.75 Å². The molecule has 1 aromatic rings. The SMILES string of the molecule is CCC(C)(C)CNCC(O)COc1cccc(Br)c1. The molecular formula is C15H24BrNO2. The predicted octanol–water partition coefficient (Wildman–Crippen LogP) is 3.21. The summed E-state index contributed by atoms with van der Waals surface area (Å²) >= 11 is 3.39. The third-order valence-electron chi connectivity index (χ3n) is 3.18. The van der Waals surface area contributed by atoms with Crippen LogP contribution in [0.15, 0.2) is 28.7 Å². The normalized spacial score (nSPS) is 13.3. The zero-order valence-electron chi connectivity index (χ0n) is 11.9. The van der Waals surface area contributed by atoms with E-state index in [2.05, 4.69) is 42.0 Å². The van der Waals surface area contributed by atoms with Gasteiger partial charge in [0.2, 0.25) is 0 Å². The van der Waals surface area contributed by atoms with Gasteiger partial charge in [0, 0.05) is 17.6 Å². The minimum Gasteiger partial charge on any atom is -0.491 e. The summed E-state index contributed by atoms with van der Waals surface area (Å²) in [4.78, 5) is 0. The monoisotopic (exact) mass is 329 g/mol. The molecule has 0 spiro atoms. The summed E-state index contributed by atoms with van der Waals surface area (Å²) in [6, 6.07) is 7.62. The van der Waals surface area contributed by atoms with Gasteiger partial charge in [-0.05, 0) is 30.0 Å². The average Bonchev–Trinajstić information content (AvgIpc) is 2.36. The lowest BCUT2D eigenvalue weighted by Crippen LogP contribution is -2.36. The van der Waals surface area contributed by atoms with Gasteiger partial charge in [-0.25, -0.2) is 0 Å². The van der Waals surface area contributed by atoms with E-state index in [0.717, 1.165) is 23.2 Å². The Morgan fingerprint density at radius 1 is 1.42 bits per heavy atom. The zero-order valence-corrected chi connectivity index (χ0v) is 13.5. The van der Waals surface area contributed by atoms with E-state index in [-0.39, 0.29) is 5.41 Å². The Morgan fingerprint density at radius 3 is 2.79 bits per heavy atom. The van der Waals surface area contributed by atoms with Gasteiger partial charge in [-0.15, -0.1) is 0 Å². The molecule has 2 N–H and O–H groups in total. The first-order valence-electron chi connectivity index (χ1n) is 6.70. The van der Waals surface area contributed by atoms with Crippen LogP contribution < -0.4 is 10.1 Å². The van der Waals surface area contributed by atoms with E-state index in [4.69, 9.17) is 4.74 Å². The molecule has 1 atom stereocenters. The molecule has 1 rings (SSSR count). The number of aliphatic hydroxyl groups excluding tert-OH is 1. The fraction of sp³-hybridized carbons (Fsp3) is 0.600. The first kappa shape index (κ1) is 16.5. The smallest absolute Gasteiger partial charge is 0.120 e. The Labute approximate surface area is 124 Å². The van der Waals surface area contributed by atoms with Gasteiger partial charge >= 0.3 is 0 Å². The van der Waals surface area contributed by atoms with Crippen molar-refractivity contribution in [2.75, 3.05) is 19.7 Å². The number of benzene rings is 1. The zero-order chi connectivity index (χ0) is 14.3. The second-order valence-corrected chi connectivity index (χ2v) is 6.49. The number of rotatable bonds is 8. The highest BCUT2D eigenvalue weighted by atomic mass is 79.9. The molecule has 1 unspecified atom stereocenters. The summed E-state index contributed by atoms with van der Waals surface area (Å²) in [5.74, 6) is 0.766. The van der Waals surface area contributed by atoms with Crippen LogP contribution in [-0.4, -0.2) is 30.9 Å². The van der Waals surface area contributed by atoms with E-state index in [0.29, 0.717) is 13.2 Å². The first-order valence-corrected chi connectivity index (χ1v) is 7.49. The predicted molar refractivity (Wildman–Crippen MR) is 82.6 cm³/mol. The maximum absolute atomic E-state index is 9.85. The number of hydrogen-bond donors (Lipinski definition) is 2. The largest absolute Gasteiger partial charge is 0.491 e. The molecule has 0 aliphatic heterocycles. The third-order valence-corrected chi connectivity index (χ3v) is 3.67. The van der Waals surface area contributed by atoms with E-state index >= 15 is 0 Å². The van der Waals surface area contributed by atoms with Gasteiger partial charge < -0.3 is 15.2 Å². The minimum atomic E-state index is -0.494. The van der Waals surface area contributed by atoms with Crippen LogP contribution in [0.3, 0.4) is 0 Å². The first-order chi connectivity index (χ1) is 8.93. The van der Waals surface area contributed by atoms with Crippen molar-refractivity contribution in [2.24, 2.45) is 5.41 Å². The second-order valence-electron chi connectivity index (χ2n) is 5.57. The van der Waals surface area contributed by atoms with Crippen molar-refractivity contribution >= 4 is 15.9 Å². The molecule has 0 radical (unpaired) electrons. The Hall–Kier alpha value is -0.580. The molecule has 0 aromatic heterocycles. The molecule has 0 aliphatic rings. The van der Waals surface area contributed by atoms with Crippen LogP contribution in [0.4, 0.5) is 0 Å². The standard InChI is InChI=1S/C15H24BrNO2/c1-4-15(2,3)11-17-9-13(18)10-19-14-7-5-6-12(16)8-14/h5-8,13,17-18H,4,9-11H2,1-3H3. The molecule has 0 bridgehead atoms.